The van der Waals surface area contributed by atoms with E-state index >= 15 is 0 Å². The molecule has 2 aromatic carbocycles. The average Bonchev–Trinajstić information content (AvgIpc) is 2.79. The lowest BCUT2D eigenvalue weighted by atomic mass is 9.93. The van der Waals surface area contributed by atoms with Crippen molar-refractivity contribution < 1.29 is 19.8 Å². The maximum absolute atomic E-state index is 12.8. The first-order chi connectivity index (χ1) is 12.7. The Kier molecular flexibility index (Phi) is 3.60. The maximum atomic E-state index is 12.8. The molecule has 0 radical (unpaired) electrons. The molecule has 7 heteroatoms. The third kappa shape index (κ3) is 2.28. The van der Waals surface area contributed by atoms with Gasteiger partial charge in [-0.2, -0.15) is 0 Å². The topological polar surface area (TPSA) is 111 Å². The summed E-state index contributed by atoms with van der Waals surface area (Å²) in [5.41, 5.74) is -1.42. The molecule has 1 heterocycles. The maximum Gasteiger partial charge on any atom is 0.254 e. The van der Waals surface area contributed by atoms with Gasteiger partial charge in [-0.15, -0.1) is 0 Å². The Hall–Kier alpha value is -2.90. The first-order valence-corrected chi connectivity index (χ1v) is 8.78. The summed E-state index contributed by atoms with van der Waals surface area (Å²) in [4.78, 5) is 24.8. The predicted molar refractivity (Wildman–Crippen MR) is 102 cm³/mol. The van der Waals surface area contributed by atoms with Gasteiger partial charge in [0.05, 0.1) is 11.4 Å². The van der Waals surface area contributed by atoms with E-state index in [0.717, 1.165) is 5.56 Å². The number of rotatable bonds is 2. The van der Waals surface area contributed by atoms with Gasteiger partial charge in [0.2, 0.25) is 17.4 Å². The van der Waals surface area contributed by atoms with Crippen LogP contribution in [0.4, 0.5) is 17.1 Å². The lowest BCUT2D eigenvalue weighted by Crippen LogP contribution is -2.63. The summed E-state index contributed by atoms with van der Waals surface area (Å²) in [6.45, 7) is 5.41. The van der Waals surface area contributed by atoms with Crippen LogP contribution in [0.15, 0.2) is 36.4 Å². The zero-order valence-electron chi connectivity index (χ0n) is 15.3. The van der Waals surface area contributed by atoms with Crippen molar-refractivity contribution in [2.45, 2.75) is 32.2 Å². The molecule has 0 fully saturated rings. The van der Waals surface area contributed by atoms with E-state index in [2.05, 4.69) is 16.0 Å². The van der Waals surface area contributed by atoms with Gasteiger partial charge in [-0.3, -0.25) is 9.59 Å². The van der Waals surface area contributed by atoms with Gasteiger partial charge in [0, 0.05) is 22.7 Å². The van der Waals surface area contributed by atoms with E-state index in [1.54, 1.807) is 50.2 Å². The highest BCUT2D eigenvalue weighted by Crippen LogP contribution is 2.50. The Morgan fingerprint density at radius 2 is 1.70 bits per heavy atom. The molecule has 0 aromatic heterocycles. The Bertz CT molecular complexity index is 987. The molecule has 2 atom stereocenters. The van der Waals surface area contributed by atoms with Crippen LogP contribution < -0.4 is 16.0 Å². The molecule has 2 aromatic rings. The highest BCUT2D eigenvalue weighted by Gasteiger charge is 2.65. The minimum atomic E-state index is -2.22. The predicted octanol–water partition coefficient (Wildman–Crippen LogP) is 2.16. The molecule has 140 valence electrons. The summed E-state index contributed by atoms with van der Waals surface area (Å²) in [7, 11) is 0. The van der Waals surface area contributed by atoms with E-state index in [4.69, 9.17) is 0 Å². The van der Waals surface area contributed by atoms with Gasteiger partial charge in [-0.1, -0.05) is 38.1 Å². The number of benzene rings is 2. The second-order valence-electron chi connectivity index (χ2n) is 7.40. The van der Waals surface area contributed by atoms with Crippen LogP contribution >= 0.6 is 0 Å². The van der Waals surface area contributed by atoms with Crippen molar-refractivity contribution in [1.29, 1.82) is 0 Å². The molecule has 27 heavy (non-hydrogen) atoms. The summed E-state index contributed by atoms with van der Waals surface area (Å²) in [5, 5.41) is 30.8. The summed E-state index contributed by atoms with van der Waals surface area (Å²) in [5.74, 6) is -0.910. The zero-order valence-corrected chi connectivity index (χ0v) is 15.3. The van der Waals surface area contributed by atoms with Crippen LogP contribution in [0.25, 0.3) is 0 Å². The van der Waals surface area contributed by atoms with Crippen LogP contribution in [0.1, 0.15) is 35.3 Å². The van der Waals surface area contributed by atoms with E-state index in [1.165, 1.54) is 0 Å². The Labute approximate surface area is 156 Å². The quantitative estimate of drug-likeness (QED) is 0.556. The number of nitrogens with one attached hydrogen (secondary N) is 3. The number of aliphatic hydroxyl groups is 2. The SMILES string of the molecule is Cc1cc2c(cc1NC(=O)C(C)C)N[C@]1(O)c3ccccc3C(=O)[C@@]1(O)N2. The first kappa shape index (κ1) is 17.5. The lowest BCUT2D eigenvalue weighted by molar-refractivity contribution is -0.118. The minimum Gasteiger partial charge on any atom is -0.363 e. The van der Waals surface area contributed by atoms with Crippen molar-refractivity contribution in [2.24, 2.45) is 5.92 Å². The Balaban J connectivity index is 1.81. The molecular formula is C20H21N3O4. The summed E-state index contributed by atoms with van der Waals surface area (Å²) < 4.78 is 0. The largest absolute Gasteiger partial charge is 0.363 e. The number of anilines is 3. The summed E-state index contributed by atoms with van der Waals surface area (Å²) in [6, 6.07) is 9.93. The van der Waals surface area contributed by atoms with Crippen LogP contribution in [-0.4, -0.2) is 27.6 Å². The van der Waals surface area contributed by atoms with Crippen LogP contribution in [0.5, 0.6) is 0 Å². The molecule has 1 aliphatic heterocycles. The summed E-state index contributed by atoms with van der Waals surface area (Å²) in [6.07, 6.45) is 0. The van der Waals surface area contributed by atoms with Crippen molar-refractivity contribution in [2.75, 3.05) is 16.0 Å². The average molecular weight is 367 g/mol. The molecule has 0 unspecified atom stereocenters. The fourth-order valence-electron chi connectivity index (χ4n) is 3.57. The molecule has 1 amide bonds. The molecule has 1 aliphatic carbocycles. The molecule has 0 saturated carbocycles. The summed E-state index contributed by atoms with van der Waals surface area (Å²) >= 11 is 0. The molecule has 0 saturated heterocycles. The third-order valence-corrected chi connectivity index (χ3v) is 5.19. The molecule has 4 rings (SSSR count). The lowest BCUT2D eigenvalue weighted by Gasteiger charge is -2.44. The fraction of sp³-hybridized carbons (Fsp3) is 0.300. The van der Waals surface area contributed by atoms with E-state index in [0.29, 0.717) is 22.6 Å². The van der Waals surface area contributed by atoms with E-state index in [9.17, 15) is 19.8 Å². The minimum absolute atomic E-state index is 0.126. The molecular weight excluding hydrogens is 346 g/mol. The van der Waals surface area contributed by atoms with Crippen LogP contribution in [0.3, 0.4) is 0 Å². The number of Topliss-reactive ketones (excluding diaryl/α,β-unsaturated/α-hetero) is 1. The van der Waals surface area contributed by atoms with Gasteiger partial charge >= 0.3 is 0 Å². The smallest absolute Gasteiger partial charge is 0.254 e. The van der Waals surface area contributed by atoms with Gasteiger partial charge in [-0.25, -0.2) is 0 Å². The van der Waals surface area contributed by atoms with E-state index in [1.807, 2.05) is 6.92 Å². The number of aryl methyl sites for hydroxylation is 1. The number of ketones is 1. The number of carbonyl (C=O) groups is 2. The van der Waals surface area contributed by atoms with Crippen molar-refractivity contribution >= 4 is 28.8 Å². The van der Waals surface area contributed by atoms with Crippen LogP contribution in [0, 0.1) is 12.8 Å². The number of hydrogen-bond acceptors (Lipinski definition) is 6. The zero-order chi connectivity index (χ0) is 19.6. The van der Waals surface area contributed by atoms with Crippen LogP contribution in [-0.2, 0) is 10.5 Å². The Morgan fingerprint density at radius 1 is 1.07 bits per heavy atom. The second kappa shape index (κ2) is 5.55. The van der Waals surface area contributed by atoms with Gasteiger partial charge in [0.1, 0.15) is 0 Å². The fourth-order valence-corrected chi connectivity index (χ4v) is 3.57. The van der Waals surface area contributed by atoms with Crippen LogP contribution in [0.2, 0.25) is 0 Å². The van der Waals surface area contributed by atoms with E-state index < -0.39 is 17.2 Å². The van der Waals surface area contributed by atoms with Gasteiger partial charge in [0.15, 0.2) is 0 Å². The van der Waals surface area contributed by atoms with Gasteiger partial charge in [-0.05, 0) is 24.6 Å². The van der Waals surface area contributed by atoms with Crippen molar-refractivity contribution in [3.05, 3.63) is 53.1 Å². The number of amides is 1. The Morgan fingerprint density at radius 3 is 2.41 bits per heavy atom. The molecule has 2 aliphatic rings. The number of hydrogen-bond donors (Lipinski definition) is 5. The molecule has 7 nitrogen and oxygen atoms in total. The third-order valence-electron chi connectivity index (χ3n) is 5.19. The highest BCUT2D eigenvalue weighted by molar-refractivity contribution is 6.11. The monoisotopic (exact) mass is 367 g/mol. The van der Waals surface area contributed by atoms with Crippen molar-refractivity contribution in [3.63, 3.8) is 0 Å². The second-order valence-corrected chi connectivity index (χ2v) is 7.40. The normalized spacial score (nSPS) is 25.2. The van der Waals surface area contributed by atoms with Gasteiger partial charge < -0.3 is 26.2 Å². The number of fused-ring (bicyclic) bond motifs is 4. The van der Waals surface area contributed by atoms with E-state index in [-0.39, 0.29) is 17.4 Å². The van der Waals surface area contributed by atoms with Gasteiger partial charge in [0.25, 0.3) is 5.72 Å². The highest BCUT2D eigenvalue weighted by atomic mass is 16.4. The molecule has 0 spiro atoms. The van der Waals surface area contributed by atoms with Crippen molar-refractivity contribution in [1.82, 2.24) is 0 Å². The molecule has 5 N–H and O–H groups in total. The van der Waals surface area contributed by atoms with Crippen molar-refractivity contribution in [3.8, 4) is 0 Å². The standard InChI is InChI=1S/C20H21N3O4/c1-10(2)18(25)21-14-9-16-15(8-11(14)3)23-20(27)17(24)12-6-4-5-7-13(12)19(20,26)22-16/h4-10,22-23,26-27H,1-3H3,(H,21,25)/t19-,20-/m0/s1. The number of carbonyl (C=O) groups excluding carboxylic acids is 2. The molecule has 0 bridgehead atoms. The first-order valence-electron chi connectivity index (χ1n) is 8.78.